The molecule has 1 aromatic heterocycles. The fourth-order valence-electron chi connectivity index (χ4n) is 3.15. The van der Waals surface area contributed by atoms with Crippen molar-refractivity contribution in [1.29, 1.82) is 0 Å². The fraction of sp³-hybridized carbons (Fsp3) is 0.211. The van der Waals surface area contributed by atoms with Crippen molar-refractivity contribution in [3.63, 3.8) is 0 Å². The normalized spacial score (nSPS) is 16.6. The van der Waals surface area contributed by atoms with E-state index in [4.69, 9.17) is 27.9 Å². The van der Waals surface area contributed by atoms with Crippen molar-refractivity contribution >= 4 is 67.4 Å². The Labute approximate surface area is 175 Å². The summed E-state index contributed by atoms with van der Waals surface area (Å²) in [5.74, 6) is -0.368. The zero-order valence-corrected chi connectivity index (χ0v) is 17.1. The Kier molecular flexibility index (Phi) is 5.14. The van der Waals surface area contributed by atoms with E-state index in [0.717, 1.165) is 10.2 Å². The van der Waals surface area contributed by atoms with Crippen LogP contribution < -0.4 is 15.0 Å². The largest absolute Gasteiger partial charge is 0.495 e. The number of nitrogens with zero attached hydrogens (tertiary/aromatic N) is 2. The van der Waals surface area contributed by atoms with Crippen molar-refractivity contribution in [2.45, 2.75) is 6.42 Å². The van der Waals surface area contributed by atoms with Crippen LogP contribution in [0.15, 0.2) is 36.4 Å². The fourth-order valence-corrected chi connectivity index (χ4v) is 4.46. The van der Waals surface area contributed by atoms with Crippen molar-refractivity contribution < 1.29 is 14.3 Å². The summed E-state index contributed by atoms with van der Waals surface area (Å²) in [6.07, 6.45) is 0.109. The molecule has 1 unspecified atom stereocenters. The second kappa shape index (κ2) is 7.58. The van der Waals surface area contributed by atoms with E-state index >= 15 is 0 Å². The minimum atomic E-state index is -0.494. The van der Waals surface area contributed by atoms with E-state index in [1.165, 1.54) is 23.3 Å². The minimum absolute atomic E-state index is 0.109. The van der Waals surface area contributed by atoms with Crippen molar-refractivity contribution in [3.05, 3.63) is 46.4 Å². The van der Waals surface area contributed by atoms with Crippen LogP contribution in [0.2, 0.25) is 10.0 Å². The molecule has 0 spiro atoms. The molecule has 6 nitrogen and oxygen atoms in total. The van der Waals surface area contributed by atoms with Crippen LogP contribution in [-0.2, 0) is 9.59 Å². The van der Waals surface area contributed by atoms with Crippen LogP contribution in [0.25, 0.3) is 10.2 Å². The van der Waals surface area contributed by atoms with Gasteiger partial charge >= 0.3 is 0 Å². The van der Waals surface area contributed by atoms with Gasteiger partial charge in [-0.15, -0.1) is 0 Å². The molecule has 2 heterocycles. The van der Waals surface area contributed by atoms with Crippen molar-refractivity contribution in [2.75, 3.05) is 23.9 Å². The Hall–Kier alpha value is -2.35. The summed E-state index contributed by atoms with van der Waals surface area (Å²) in [4.78, 5) is 31.1. The molecular weight excluding hydrogens is 421 g/mol. The second-order valence-corrected chi connectivity index (χ2v) is 8.25. The van der Waals surface area contributed by atoms with E-state index in [0.29, 0.717) is 26.6 Å². The highest BCUT2D eigenvalue weighted by molar-refractivity contribution is 7.22. The van der Waals surface area contributed by atoms with Gasteiger partial charge in [0.15, 0.2) is 5.13 Å². The van der Waals surface area contributed by atoms with Gasteiger partial charge in [-0.2, -0.15) is 0 Å². The topological polar surface area (TPSA) is 71.5 Å². The molecule has 1 saturated heterocycles. The lowest BCUT2D eigenvalue weighted by Gasteiger charge is -2.19. The highest BCUT2D eigenvalue weighted by Crippen LogP contribution is 2.36. The number of methoxy groups -OCH3 is 1. The molecule has 2 amide bonds. The van der Waals surface area contributed by atoms with E-state index < -0.39 is 5.92 Å². The molecule has 1 fully saturated rings. The maximum absolute atomic E-state index is 12.7. The van der Waals surface area contributed by atoms with Gasteiger partial charge in [-0.1, -0.05) is 34.5 Å². The van der Waals surface area contributed by atoms with Gasteiger partial charge in [0.2, 0.25) is 11.8 Å². The molecule has 28 heavy (non-hydrogen) atoms. The Morgan fingerprint density at radius 3 is 2.79 bits per heavy atom. The van der Waals surface area contributed by atoms with Gasteiger partial charge in [0.05, 0.1) is 28.9 Å². The summed E-state index contributed by atoms with van der Waals surface area (Å²) in [6, 6.07) is 10.4. The van der Waals surface area contributed by atoms with E-state index in [1.54, 1.807) is 36.4 Å². The van der Waals surface area contributed by atoms with Crippen LogP contribution >= 0.6 is 34.5 Å². The summed E-state index contributed by atoms with van der Waals surface area (Å²) >= 11 is 13.4. The lowest BCUT2D eigenvalue weighted by molar-refractivity contribution is -0.122. The zero-order valence-electron chi connectivity index (χ0n) is 14.7. The van der Waals surface area contributed by atoms with Gasteiger partial charge in [0.25, 0.3) is 0 Å². The predicted octanol–water partition coefficient (Wildman–Crippen LogP) is 4.60. The number of hydrogen-bond acceptors (Lipinski definition) is 5. The summed E-state index contributed by atoms with van der Waals surface area (Å²) < 4.78 is 6.21. The van der Waals surface area contributed by atoms with Crippen molar-refractivity contribution in [2.24, 2.45) is 5.92 Å². The summed E-state index contributed by atoms with van der Waals surface area (Å²) in [6.45, 7) is 0.248. The highest BCUT2D eigenvalue weighted by atomic mass is 35.5. The number of amides is 2. The lowest BCUT2D eigenvalue weighted by atomic mass is 10.1. The van der Waals surface area contributed by atoms with Gasteiger partial charge in [0.1, 0.15) is 5.75 Å². The number of thiazole rings is 1. The molecule has 1 atom stereocenters. The molecule has 4 rings (SSSR count). The van der Waals surface area contributed by atoms with Crippen molar-refractivity contribution in [3.8, 4) is 5.75 Å². The number of carbonyl (C=O) groups is 2. The Morgan fingerprint density at radius 2 is 2.00 bits per heavy atom. The number of fused-ring (bicyclic) bond motifs is 1. The molecule has 3 aromatic rings. The SMILES string of the molecule is COc1ccc(Cl)cc1N1CC(C(=O)Nc2nc3ccc(Cl)cc3s2)CC1=O. The standard InChI is InChI=1S/C19H15Cl2N3O3S/c1-27-15-5-3-11(20)7-14(15)24-9-10(6-17(24)25)18(26)23-19-22-13-4-2-12(21)8-16(13)28-19/h2-5,7-8,10H,6,9H2,1H3,(H,22,23,26). The number of benzene rings is 2. The number of rotatable bonds is 4. The first-order valence-corrected chi connectivity index (χ1v) is 10.0. The first kappa shape index (κ1) is 19.0. The quantitative estimate of drug-likeness (QED) is 0.649. The number of halogens is 2. The maximum atomic E-state index is 12.7. The summed E-state index contributed by atoms with van der Waals surface area (Å²) in [7, 11) is 1.52. The molecule has 1 aliphatic heterocycles. The molecule has 0 radical (unpaired) electrons. The van der Waals surface area contributed by atoms with Gasteiger partial charge in [-0.25, -0.2) is 4.98 Å². The molecule has 9 heteroatoms. The van der Waals surface area contributed by atoms with Crippen LogP contribution in [0, 0.1) is 5.92 Å². The number of carbonyl (C=O) groups excluding carboxylic acids is 2. The smallest absolute Gasteiger partial charge is 0.231 e. The van der Waals surface area contributed by atoms with E-state index in [9.17, 15) is 9.59 Å². The molecular formula is C19H15Cl2N3O3S. The molecule has 144 valence electrons. The molecule has 1 N–H and O–H groups in total. The average Bonchev–Trinajstić information content (AvgIpc) is 3.24. The highest BCUT2D eigenvalue weighted by Gasteiger charge is 2.36. The number of anilines is 2. The van der Waals surface area contributed by atoms with Crippen LogP contribution in [0.1, 0.15) is 6.42 Å². The average molecular weight is 436 g/mol. The lowest BCUT2D eigenvalue weighted by Crippen LogP contribution is -2.28. The Balaban J connectivity index is 1.51. The van der Waals surface area contributed by atoms with E-state index in [1.807, 2.05) is 0 Å². The first-order chi connectivity index (χ1) is 13.4. The molecule has 2 aromatic carbocycles. The third-order valence-electron chi connectivity index (χ3n) is 4.51. The van der Waals surface area contributed by atoms with Crippen LogP contribution in [-0.4, -0.2) is 30.5 Å². The van der Waals surface area contributed by atoms with Crippen molar-refractivity contribution in [1.82, 2.24) is 4.98 Å². The third kappa shape index (κ3) is 3.65. The van der Waals surface area contributed by atoms with Gasteiger partial charge in [-0.3, -0.25) is 9.59 Å². The van der Waals surface area contributed by atoms with Crippen LogP contribution in [0.4, 0.5) is 10.8 Å². The van der Waals surface area contributed by atoms with Gasteiger partial charge in [0, 0.05) is 23.0 Å². The number of aromatic nitrogens is 1. The number of ether oxygens (including phenoxy) is 1. The second-order valence-electron chi connectivity index (χ2n) is 6.34. The zero-order chi connectivity index (χ0) is 19.8. The molecule has 0 saturated carbocycles. The van der Waals surface area contributed by atoms with E-state index in [2.05, 4.69) is 10.3 Å². The van der Waals surface area contributed by atoms with Crippen LogP contribution in [0.5, 0.6) is 5.75 Å². The minimum Gasteiger partial charge on any atom is -0.495 e. The van der Waals surface area contributed by atoms with Crippen LogP contribution in [0.3, 0.4) is 0 Å². The molecule has 1 aliphatic rings. The van der Waals surface area contributed by atoms with Gasteiger partial charge < -0.3 is 15.0 Å². The van der Waals surface area contributed by atoms with E-state index in [-0.39, 0.29) is 24.8 Å². The maximum Gasteiger partial charge on any atom is 0.231 e. The third-order valence-corrected chi connectivity index (χ3v) is 5.91. The monoisotopic (exact) mass is 435 g/mol. The summed E-state index contributed by atoms with van der Waals surface area (Å²) in [5.41, 5.74) is 1.32. The number of nitrogens with one attached hydrogen (secondary N) is 1. The first-order valence-electron chi connectivity index (χ1n) is 8.45. The Morgan fingerprint density at radius 1 is 1.25 bits per heavy atom. The number of hydrogen-bond donors (Lipinski definition) is 1. The summed E-state index contributed by atoms with van der Waals surface area (Å²) in [5, 5.41) is 4.40. The molecule has 0 aliphatic carbocycles. The molecule has 0 bridgehead atoms. The van der Waals surface area contributed by atoms with Gasteiger partial charge in [-0.05, 0) is 36.4 Å². The predicted molar refractivity (Wildman–Crippen MR) is 112 cm³/mol. The Bertz CT molecular complexity index is 1090.